The number of unbranched alkanes of at least 4 members (excludes halogenated alkanes) is 1. The SMILES string of the molecule is O=C1C[C@@](Sc2ccccc2)(C(=O)CCCCN2CCOCC2)[C@H](c2c[nH]c3cc(Cl)ccc23)N1Cc1ccc(Cl)nc1. The van der Waals surface area contributed by atoms with E-state index in [4.69, 9.17) is 27.9 Å². The number of hydrogen-bond acceptors (Lipinski definition) is 6. The highest BCUT2D eigenvalue weighted by atomic mass is 35.5. The number of morpholine rings is 1. The number of benzene rings is 2. The number of carbonyl (C=O) groups excluding carboxylic acids is 2. The summed E-state index contributed by atoms with van der Waals surface area (Å²) in [6.45, 7) is 4.63. The number of amides is 1. The number of nitrogens with zero attached hydrogens (tertiary/aromatic N) is 3. The lowest BCUT2D eigenvalue weighted by Gasteiger charge is -2.36. The monoisotopic (exact) mass is 636 g/mol. The number of Topliss-reactive ketones (excluding diaryl/α,β-unsaturated/α-hetero) is 1. The van der Waals surface area contributed by atoms with E-state index in [9.17, 15) is 9.59 Å². The molecule has 4 heterocycles. The Labute approximate surface area is 265 Å². The van der Waals surface area contributed by atoms with Crippen LogP contribution in [0, 0.1) is 0 Å². The van der Waals surface area contributed by atoms with Crippen molar-refractivity contribution in [3.63, 3.8) is 0 Å². The summed E-state index contributed by atoms with van der Waals surface area (Å²) in [6, 6.07) is 18.7. The molecule has 0 bridgehead atoms. The first-order valence-electron chi connectivity index (χ1n) is 14.7. The Hall–Kier alpha value is -2.88. The van der Waals surface area contributed by atoms with Crippen molar-refractivity contribution in [1.29, 1.82) is 0 Å². The number of likely N-dealkylation sites (tertiary alicyclic amines) is 1. The summed E-state index contributed by atoms with van der Waals surface area (Å²) in [4.78, 5) is 41.5. The maximum Gasteiger partial charge on any atom is 0.225 e. The summed E-state index contributed by atoms with van der Waals surface area (Å²) in [7, 11) is 0. The Kier molecular flexibility index (Phi) is 9.40. The molecule has 224 valence electrons. The molecule has 2 aliphatic rings. The second kappa shape index (κ2) is 13.4. The normalized spacial score (nSPS) is 21.1. The molecule has 6 rings (SSSR count). The van der Waals surface area contributed by atoms with E-state index >= 15 is 0 Å². The van der Waals surface area contributed by atoms with Gasteiger partial charge in [-0.25, -0.2) is 4.98 Å². The van der Waals surface area contributed by atoms with Crippen molar-refractivity contribution >= 4 is 57.6 Å². The van der Waals surface area contributed by atoms with Crippen LogP contribution in [0.2, 0.25) is 10.2 Å². The van der Waals surface area contributed by atoms with E-state index in [0.717, 1.165) is 72.6 Å². The summed E-state index contributed by atoms with van der Waals surface area (Å²) in [5, 5.41) is 1.96. The highest BCUT2D eigenvalue weighted by Gasteiger charge is 2.57. The quantitative estimate of drug-likeness (QED) is 0.142. The molecule has 2 aliphatic heterocycles. The minimum atomic E-state index is -1.02. The maximum atomic E-state index is 14.6. The lowest BCUT2D eigenvalue weighted by atomic mass is 9.86. The van der Waals surface area contributed by atoms with E-state index in [1.54, 1.807) is 12.3 Å². The van der Waals surface area contributed by atoms with Gasteiger partial charge in [-0.05, 0) is 55.3 Å². The number of hydrogen-bond donors (Lipinski definition) is 1. The Morgan fingerprint density at radius 1 is 1.07 bits per heavy atom. The van der Waals surface area contributed by atoms with Crippen molar-refractivity contribution in [3.05, 3.63) is 94.4 Å². The molecule has 4 aromatic rings. The van der Waals surface area contributed by atoms with Crippen LogP contribution < -0.4 is 0 Å². The third-order valence-corrected chi connectivity index (χ3v) is 10.3. The second-order valence-corrected chi connectivity index (χ2v) is 13.4. The zero-order valence-electron chi connectivity index (χ0n) is 23.8. The van der Waals surface area contributed by atoms with Gasteiger partial charge in [0.15, 0.2) is 5.78 Å². The predicted octanol–water partition coefficient (Wildman–Crippen LogP) is 6.95. The van der Waals surface area contributed by atoms with E-state index in [1.807, 2.05) is 65.7 Å². The fraction of sp³-hybridized carbons (Fsp3) is 0.364. The van der Waals surface area contributed by atoms with Crippen molar-refractivity contribution in [2.45, 2.75) is 47.9 Å². The zero-order chi connectivity index (χ0) is 29.8. The van der Waals surface area contributed by atoms with Crippen LogP contribution in [0.25, 0.3) is 10.9 Å². The molecule has 2 aromatic carbocycles. The molecule has 2 saturated heterocycles. The molecule has 1 amide bonds. The minimum Gasteiger partial charge on any atom is -0.379 e. The first kappa shape index (κ1) is 30.2. The molecule has 2 atom stereocenters. The third-order valence-electron chi connectivity index (χ3n) is 8.35. The number of rotatable bonds is 11. The van der Waals surface area contributed by atoms with Crippen LogP contribution in [0.1, 0.15) is 42.9 Å². The Morgan fingerprint density at radius 3 is 2.65 bits per heavy atom. The number of thioether (sulfide) groups is 1. The van der Waals surface area contributed by atoms with Crippen LogP contribution >= 0.6 is 35.0 Å². The van der Waals surface area contributed by atoms with E-state index in [0.29, 0.717) is 23.1 Å². The summed E-state index contributed by atoms with van der Waals surface area (Å²) in [5.41, 5.74) is 2.63. The number of carbonyl (C=O) groups is 2. The van der Waals surface area contributed by atoms with Crippen LogP contribution in [0.5, 0.6) is 0 Å². The van der Waals surface area contributed by atoms with Crippen LogP contribution in [0.3, 0.4) is 0 Å². The molecule has 0 radical (unpaired) electrons. The average molecular weight is 638 g/mol. The number of aromatic nitrogens is 2. The average Bonchev–Trinajstić information content (AvgIpc) is 3.54. The lowest BCUT2D eigenvalue weighted by Crippen LogP contribution is -2.42. The van der Waals surface area contributed by atoms with Gasteiger partial charge in [-0.2, -0.15) is 0 Å². The molecule has 7 nitrogen and oxygen atoms in total. The standard InChI is InChI=1S/C33H34Cl2N4O3S/c34-24-10-11-26-27(21-36-28(26)18-24)32-33(43-25-6-2-1-3-7-25,29(40)8-4-5-13-38-14-16-42-17-15-38)19-31(41)39(32)22-23-9-12-30(35)37-20-23/h1-3,6-7,9-12,18,20-21,32,36H,4-5,8,13-17,19,22H2/t32-,33+/m0/s1. The number of ether oxygens (including phenoxy) is 1. The molecule has 0 saturated carbocycles. The molecular formula is C33H34Cl2N4O3S. The smallest absolute Gasteiger partial charge is 0.225 e. The van der Waals surface area contributed by atoms with Crippen LogP contribution in [0.4, 0.5) is 0 Å². The zero-order valence-corrected chi connectivity index (χ0v) is 26.1. The number of ketones is 1. The van der Waals surface area contributed by atoms with Gasteiger partial charge in [-0.15, -0.1) is 11.8 Å². The van der Waals surface area contributed by atoms with Gasteiger partial charge in [0, 0.05) is 64.8 Å². The van der Waals surface area contributed by atoms with E-state index in [2.05, 4.69) is 14.9 Å². The topological polar surface area (TPSA) is 78.5 Å². The summed E-state index contributed by atoms with van der Waals surface area (Å²) in [5.74, 6) is 0.0371. The number of H-pyrrole nitrogens is 1. The van der Waals surface area contributed by atoms with Crippen molar-refractivity contribution in [1.82, 2.24) is 19.8 Å². The van der Waals surface area contributed by atoms with Crippen molar-refractivity contribution in [2.75, 3.05) is 32.8 Å². The van der Waals surface area contributed by atoms with Gasteiger partial charge in [0.05, 0.1) is 25.7 Å². The fourth-order valence-electron chi connectivity index (χ4n) is 6.22. The molecule has 43 heavy (non-hydrogen) atoms. The highest BCUT2D eigenvalue weighted by Crippen LogP contribution is 2.55. The largest absolute Gasteiger partial charge is 0.379 e. The molecule has 0 aliphatic carbocycles. The first-order chi connectivity index (χ1) is 20.9. The first-order valence-corrected chi connectivity index (χ1v) is 16.2. The van der Waals surface area contributed by atoms with Crippen molar-refractivity contribution in [2.24, 2.45) is 0 Å². The molecular weight excluding hydrogens is 603 g/mol. The van der Waals surface area contributed by atoms with Crippen LogP contribution in [0.15, 0.2) is 78.0 Å². The number of aromatic amines is 1. The lowest BCUT2D eigenvalue weighted by molar-refractivity contribution is -0.129. The van der Waals surface area contributed by atoms with Gasteiger partial charge in [-0.1, -0.05) is 53.5 Å². The summed E-state index contributed by atoms with van der Waals surface area (Å²) >= 11 is 13.9. The molecule has 0 spiro atoms. The summed E-state index contributed by atoms with van der Waals surface area (Å²) in [6.07, 6.45) is 5.82. The number of pyridine rings is 1. The van der Waals surface area contributed by atoms with Crippen LogP contribution in [-0.2, 0) is 20.9 Å². The maximum absolute atomic E-state index is 14.6. The molecule has 2 fully saturated rings. The van der Waals surface area contributed by atoms with Gasteiger partial charge >= 0.3 is 0 Å². The Morgan fingerprint density at radius 2 is 1.88 bits per heavy atom. The molecule has 1 N–H and O–H groups in total. The minimum absolute atomic E-state index is 0.0617. The second-order valence-electron chi connectivity index (χ2n) is 11.2. The van der Waals surface area contributed by atoms with Crippen LogP contribution in [-0.4, -0.2) is 69.1 Å². The number of nitrogens with one attached hydrogen (secondary N) is 1. The molecule has 0 unspecified atom stereocenters. The highest BCUT2D eigenvalue weighted by molar-refractivity contribution is 8.01. The predicted molar refractivity (Wildman–Crippen MR) is 172 cm³/mol. The van der Waals surface area contributed by atoms with E-state index in [-0.39, 0.29) is 18.1 Å². The van der Waals surface area contributed by atoms with Gasteiger partial charge in [0.25, 0.3) is 0 Å². The number of fused-ring (bicyclic) bond motifs is 1. The Bertz CT molecular complexity index is 1580. The van der Waals surface area contributed by atoms with Gasteiger partial charge in [0.1, 0.15) is 9.90 Å². The van der Waals surface area contributed by atoms with Crippen molar-refractivity contribution < 1.29 is 14.3 Å². The number of halogens is 2. The van der Waals surface area contributed by atoms with Gasteiger partial charge in [0.2, 0.25) is 5.91 Å². The van der Waals surface area contributed by atoms with E-state index < -0.39 is 10.8 Å². The van der Waals surface area contributed by atoms with Gasteiger partial charge < -0.3 is 14.6 Å². The Balaban J connectivity index is 1.38. The molecule has 10 heteroatoms. The fourth-order valence-corrected chi connectivity index (χ4v) is 7.99. The summed E-state index contributed by atoms with van der Waals surface area (Å²) < 4.78 is 4.46. The van der Waals surface area contributed by atoms with Gasteiger partial charge in [-0.3, -0.25) is 14.5 Å². The van der Waals surface area contributed by atoms with Crippen molar-refractivity contribution in [3.8, 4) is 0 Å². The molecule has 2 aromatic heterocycles. The third kappa shape index (κ3) is 6.64. The van der Waals surface area contributed by atoms with E-state index in [1.165, 1.54) is 11.8 Å².